The van der Waals surface area contributed by atoms with Gasteiger partial charge in [0.2, 0.25) is 0 Å². The fourth-order valence-electron chi connectivity index (χ4n) is 7.46. The first-order valence-corrected chi connectivity index (χ1v) is 16.8. The van der Waals surface area contributed by atoms with Crippen LogP contribution in [0, 0.1) is 0 Å². The molecule has 9 aromatic rings. The Labute approximate surface area is 276 Å². The lowest BCUT2D eigenvalue weighted by Gasteiger charge is -2.25. The Bertz CT molecular complexity index is 2620. The molecule has 0 saturated carbocycles. The SMILES string of the molecule is c1ccc(N(c2ccccc2)c2ccc3sc4ccc(-c5ccc6c7c(cccc57)Nc5ccc7ccccc7c5-6)cc4c3c2)cc1. The van der Waals surface area contributed by atoms with Gasteiger partial charge in [0.25, 0.3) is 0 Å². The van der Waals surface area contributed by atoms with Crippen molar-refractivity contribution in [2.24, 2.45) is 0 Å². The molecule has 10 rings (SSSR count). The smallest absolute Gasteiger partial charge is 0.0470 e. The summed E-state index contributed by atoms with van der Waals surface area (Å²) >= 11 is 1.86. The standard InChI is InChI=1S/C44H28N2S/c1-3-11-30(12-4-1)46(31-13-5-2-6-14-31)32-20-25-42-38(27-32)37-26-29(19-24-41(37)47-42)33-21-22-36-43-34-15-8-7-10-28(34)18-23-40(43)45-39-17-9-16-35(33)44(36)39/h1-27,45H. The zero-order chi connectivity index (χ0) is 30.9. The van der Waals surface area contributed by atoms with Gasteiger partial charge in [-0.3, -0.25) is 0 Å². The van der Waals surface area contributed by atoms with Crippen molar-refractivity contribution >= 4 is 81.5 Å². The summed E-state index contributed by atoms with van der Waals surface area (Å²) in [5.74, 6) is 0. The van der Waals surface area contributed by atoms with Crippen molar-refractivity contribution in [3.63, 3.8) is 0 Å². The highest BCUT2D eigenvalue weighted by Crippen LogP contribution is 2.49. The van der Waals surface area contributed by atoms with Gasteiger partial charge in [0.1, 0.15) is 0 Å². The Balaban J connectivity index is 1.15. The first-order valence-electron chi connectivity index (χ1n) is 16.0. The quantitative estimate of drug-likeness (QED) is 0.212. The number of para-hydroxylation sites is 2. The van der Waals surface area contributed by atoms with Crippen LogP contribution in [-0.4, -0.2) is 0 Å². The Morgan fingerprint density at radius 3 is 1.91 bits per heavy atom. The molecule has 3 heteroatoms. The van der Waals surface area contributed by atoms with Gasteiger partial charge in [-0.05, 0) is 99.6 Å². The summed E-state index contributed by atoms with van der Waals surface area (Å²) < 4.78 is 2.60. The van der Waals surface area contributed by atoms with E-state index in [1.165, 1.54) is 69.7 Å². The highest BCUT2D eigenvalue weighted by Gasteiger charge is 2.22. The maximum atomic E-state index is 3.77. The second-order valence-corrected chi connectivity index (χ2v) is 13.3. The fourth-order valence-corrected chi connectivity index (χ4v) is 8.52. The van der Waals surface area contributed by atoms with Crippen LogP contribution in [0.3, 0.4) is 0 Å². The van der Waals surface area contributed by atoms with Crippen molar-refractivity contribution in [2.45, 2.75) is 0 Å². The molecule has 1 N–H and O–H groups in total. The second-order valence-electron chi connectivity index (χ2n) is 12.2. The number of nitrogens with zero attached hydrogens (tertiary/aromatic N) is 1. The molecule has 0 aliphatic carbocycles. The first-order chi connectivity index (χ1) is 23.3. The molecule has 0 amide bonds. The number of hydrogen-bond donors (Lipinski definition) is 1. The number of thiophene rings is 1. The summed E-state index contributed by atoms with van der Waals surface area (Å²) in [5.41, 5.74) is 10.8. The van der Waals surface area contributed by atoms with Crippen LogP contribution < -0.4 is 10.2 Å². The molecule has 47 heavy (non-hydrogen) atoms. The summed E-state index contributed by atoms with van der Waals surface area (Å²) in [6.07, 6.45) is 0. The van der Waals surface area contributed by atoms with Crippen LogP contribution in [0.5, 0.6) is 0 Å². The zero-order valence-corrected chi connectivity index (χ0v) is 26.3. The van der Waals surface area contributed by atoms with E-state index in [2.05, 4.69) is 174 Å². The summed E-state index contributed by atoms with van der Waals surface area (Å²) in [5, 5.41) is 11.4. The van der Waals surface area contributed by atoms with Crippen LogP contribution in [0.15, 0.2) is 164 Å². The minimum atomic E-state index is 1.14. The van der Waals surface area contributed by atoms with Gasteiger partial charge in [-0.1, -0.05) is 97.1 Å². The van der Waals surface area contributed by atoms with Gasteiger partial charge in [-0.2, -0.15) is 0 Å². The summed E-state index contributed by atoms with van der Waals surface area (Å²) in [6, 6.07) is 59.6. The monoisotopic (exact) mass is 616 g/mol. The normalized spacial score (nSPS) is 12.0. The van der Waals surface area contributed by atoms with E-state index in [-0.39, 0.29) is 0 Å². The van der Waals surface area contributed by atoms with Gasteiger partial charge < -0.3 is 10.2 Å². The lowest BCUT2D eigenvalue weighted by Crippen LogP contribution is -2.09. The average Bonchev–Trinajstić information content (AvgIpc) is 3.50. The van der Waals surface area contributed by atoms with E-state index in [0.717, 1.165) is 22.7 Å². The van der Waals surface area contributed by atoms with Crippen molar-refractivity contribution in [3.8, 4) is 22.3 Å². The van der Waals surface area contributed by atoms with E-state index in [9.17, 15) is 0 Å². The van der Waals surface area contributed by atoms with Crippen molar-refractivity contribution in [1.29, 1.82) is 0 Å². The highest BCUT2D eigenvalue weighted by atomic mass is 32.1. The number of anilines is 5. The van der Waals surface area contributed by atoms with Gasteiger partial charge >= 0.3 is 0 Å². The Morgan fingerprint density at radius 2 is 1.11 bits per heavy atom. The molecule has 1 aliphatic heterocycles. The van der Waals surface area contributed by atoms with Crippen molar-refractivity contribution in [1.82, 2.24) is 0 Å². The predicted molar refractivity (Wildman–Crippen MR) is 203 cm³/mol. The molecule has 0 radical (unpaired) electrons. The van der Waals surface area contributed by atoms with E-state index < -0.39 is 0 Å². The topological polar surface area (TPSA) is 15.3 Å². The molecule has 1 aromatic heterocycles. The van der Waals surface area contributed by atoms with E-state index in [1.807, 2.05) is 11.3 Å². The molecular weight excluding hydrogens is 589 g/mol. The molecular formula is C44H28N2S. The molecule has 0 saturated heterocycles. The van der Waals surface area contributed by atoms with Crippen molar-refractivity contribution in [3.05, 3.63) is 164 Å². The van der Waals surface area contributed by atoms with E-state index in [4.69, 9.17) is 0 Å². The van der Waals surface area contributed by atoms with Crippen LogP contribution in [-0.2, 0) is 0 Å². The summed E-state index contributed by atoms with van der Waals surface area (Å²) in [6.45, 7) is 0. The van der Waals surface area contributed by atoms with Crippen molar-refractivity contribution in [2.75, 3.05) is 10.2 Å². The lowest BCUT2D eigenvalue weighted by molar-refractivity contribution is 1.29. The van der Waals surface area contributed by atoms with Gasteiger partial charge in [0, 0.05) is 59.6 Å². The molecule has 0 unspecified atom stereocenters. The minimum absolute atomic E-state index is 1.14. The van der Waals surface area contributed by atoms with Crippen LogP contribution in [0.1, 0.15) is 0 Å². The number of hydrogen-bond acceptors (Lipinski definition) is 3. The van der Waals surface area contributed by atoms with Crippen LogP contribution in [0.4, 0.5) is 28.4 Å². The molecule has 1 aliphatic rings. The lowest BCUT2D eigenvalue weighted by atomic mass is 9.86. The average molecular weight is 617 g/mol. The minimum Gasteiger partial charge on any atom is -0.354 e. The maximum Gasteiger partial charge on any atom is 0.0470 e. The van der Waals surface area contributed by atoms with E-state index >= 15 is 0 Å². The third-order valence-corrected chi connectivity index (χ3v) is 10.7. The van der Waals surface area contributed by atoms with E-state index in [0.29, 0.717) is 0 Å². The third kappa shape index (κ3) is 4.10. The van der Waals surface area contributed by atoms with Crippen LogP contribution in [0.25, 0.3) is 64.0 Å². The van der Waals surface area contributed by atoms with Crippen LogP contribution in [0.2, 0.25) is 0 Å². The fraction of sp³-hybridized carbons (Fsp3) is 0. The molecule has 8 aromatic carbocycles. The van der Waals surface area contributed by atoms with Gasteiger partial charge in [-0.25, -0.2) is 0 Å². The van der Waals surface area contributed by atoms with E-state index in [1.54, 1.807) is 0 Å². The molecule has 2 heterocycles. The molecule has 0 spiro atoms. The largest absolute Gasteiger partial charge is 0.354 e. The molecule has 0 fully saturated rings. The summed E-state index contributed by atoms with van der Waals surface area (Å²) in [4.78, 5) is 2.34. The molecule has 0 atom stereocenters. The van der Waals surface area contributed by atoms with Crippen LogP contribution >= 0.6 is 11.3 Å². The Morgan fingerprint density at radius 1 is 0.426 bits per heavy atom. The number of benzene rings is 8. The Kier molecular flexibility index (Phi) is 5.78. The third-order valence-electron chi connectivity index (χ3n) is 9.56. The molecule has 220 valence electrons. The highest BCUT2D eigenvalue weighted by molar-refractivity contribution is 7.25. The molecule has 2 nitrogen and oxygen atoms in total. The maximum absolute atomic E-state index is 3.77. The Hall–Kier alpha value is -5.90. The predicted octanol–water partition coefficient (Wildman–Crippen LogP) is 13.2. The number of nitrogens with one attached hydrogen (secondary N) is 1. The van der Waals surface area contributed by atoms with Gasteiger partial charge in [0.15, 0.2) is 0 Å². The van der Waals surface area contributed by atoms with Crippen molar-refractivity contribution < 1.29 is 0 Å². The first kappa shape index (κ1) is 26.3. The van der Waals surface area contributed by atoms with Gasteiger partial charge in [0.05, 0.1) is 0 Å². The number of fused-ring (bicyclic) bond motifs is 7. The van der Waals surface area contributed by atoms with Gasteiger partial charge in [-0.15, -0.1) is 11.3 Å². The molecule has 0 bridgehead atoms. The second kappa shape index (κ2) is 10.3. The zero-order valence-electron chi connectivity index (χ0n) is 25.4. The number of rotatable bonds is 4. The summed E-state index contributed by atoms with van der Waals surface area (Å²) in [7, 11) is 0.